The molecule has 1 aliphatic rings. The number of hydrogen-bond acceptors (Lipinski definition) is 3. The third-order valence-corrected chi connectivity index (χ3v) is 5.05. The number of carboxylic acids is 1. The van der Waals surface area contributed by atoms with E-state index in [4.69, 9.17) is 11.6 Å². The highest BCUT2D eigenvalue weighted by Crippen LogP contribution is 2.45. The van der Waals surface area contributed by atoms with E-state index in [2.05, 4.69) is 0 Å². The van der Waals surface area contributed by atoms with Crippen molar-refractivity contribution in [3.05, 3.63) is 53.6 Å². The van der Waals surface area contributed by atoms with Gasteiger partial charge in [0.25, 0.3) is 0 Å². The fourth-order valence-electron chi connectivity index (χ4n) is 2.53. The lowest BCUT2D eigenvalue weighted by molar-refractivity contribution is -0.139. The number of nitrogens with zero attached hydrogens (tertiary/aromatic N) is 1. The number of rotatable bonds is 5. The molecule has 1 fully saturated rings. The van der Waals surface area contributed by atoms with Crippen LogP contribution in [0.25, 0.3) is 11.1 Å². The Kier molecular flexibility index (Phi) is 4.14. The molecule has 2 aromatic rings. The van der Waals surface area contributed by atoms with Gasteiger partial charge < -0.3 is 9.66 Å². The van der Waals surface area contributed by atoms with E-state index in [1.54, 1.807) is 36.4 Å². The van der Waals surface area contributed by atoms with Crippen molar-refractivity contribution in [2.75, 3.05) is 4.31 Å². The normalized spacial score (nSPS) is 16.6. The number of carboxylic acid groups (broad SMARTS) is 1. The smallest absolute Gasteiger partial charge is 0.330 e. The maximum Gasteiger partial charge on any atom is 0.330 e. The lowest BCUT2D eigenvalue weighted by atomic mass is 10.1. The van der Waals surface area contributed by atoms with Gasteiger partial charge in [0.2, 0.25) is 0 Å². The van der Waals surface area contributed by atoms with Gasteiger partial charge in [0.15, 0.2) is 0 Å². The SMILES string of the molecule is O=C(O)C1(N(c2ccc(-c3ccc(Cl)cc3)cc2)S(=O)[O-])CC1. The summed E-state index contributed by atoms with van der Waals surface area (Å²) in [7, 11) is 0. The van der Waals surface area contributed by atoms with Crippen molar-refractivity contribution in [1.82, 2.24) is 0 Å². The molecule has 0 aromatic heterocycles. The Labute approximate surface area is 140 Å². The Hall–Kier alpha value is -1.89. The molecule has 1 aliphatic carbocycles. The summed E-state index contributed by atoms with van der Waals surface area (Å²) in [6.45, 7) is 0. The molecule has 0 spiro atoms. The minimum absolute atomic E-state index is 0.315. The zero-order valence-corrected chi connectivity index (χ0v) is 13.5. The van der Waals surface area contributed by atoms with Crippen LogP contribution in [0.3, 0.4) is 0 Å². The van der Waals surface area contributed by atoms with Gasteiger partial charge in [-0.15, -0.1) is 0 Å². The van der Waals surface area contributed by atoms with Crippen molar-refractivity contribution in [3.63, 3.8) is 0 Å². The van der Waals surface area contributed by atoms with Gasteiger partial charge in [0.1, 0.15) is 5.54 Å². The van der Waals surface area contributed by atoms with Gasteiger partial charge in [0, 0.05) is 22.0 Å². The molecule has 7 heteroatoms. The van der Waals surface area contributed by atoms with Crippen LogP contribution in [0.5, 0.6) is 0 Å². The monoisotopic (exact) mass is 350 g/mol. The van der Waals surface area contributed by atoms with E-state index >= 15 is 0 Å². The molecule has 0 amide bonds. The minimum atomic E-state index is -2.65. The maximum absolute atomic E-state index is 11.5. The van der Waals surface area contributed by atoms with Crippen molar-refractivity contribution in [3.8, 4) is 11.1 Å². The van der Waals surface area contributed by atoms with Gasteiger partial charge in [-0.25, -0.2) is 4.79 Å². The highest BCUT2D eigenvalue weighted by atomic mass is 35.5. The molecule has 0 heterocycles. The largest absolute Gasteiger partial charge is 0.755 e. The van der Waals surface area contributed by atoms with E-state index in [1.807, 2.05) is 12.1 Å². The fourth-order valence-corrected chi connectivity index (χ4v) is 3.50. The Morgan fingerprint density at radius 3 is 1.96 bits per heavy atom. The number of hydrogen-bond donors (Lipinski definition) is 1. The van der Waals surface area contributed by atoms with Crippen LogP contribution in [0.15, 0.2) is 48.5 Å². The van der Waals surface area contributed by atoms with E-state index < -0.39 is 22.8 Å². The molecular weight excluding hydrogens is 338 g/mol. The van der Waals surface area contributed by atoms with E-state index in [-0.39, 0.29) is 0 Å². The number of carbonyl (C=O) groups is 1. The van der Waals surface area contributed by atoms with Gasteiger partial charge in [0.05, 0.1) is 0 Å². The molecule has 1 N–H and O–H groups in total. The number of anilines is 1. The Morgan fingerprint density at radius 1 is 1.09 bits per heavy atom. The van der Waals surface area contributed by atoms with Gasteiger partial charge in [-0.2, -0.15) is 0 Å². The van der Waals surface area contributed by atoms with Crippen LogP contribution >= 0.6 is 11.6 Å². The summed E-state index contributed by atoms with van der Waals surface area (Å²) in [4.78, 5) is 11.4. The van der Waals surface area contributed by atoms with Crippen LogP contribution in [0.1, 0.15) is 12.8 Å². The van der Waals surface area contributed by atoms with Gasteiger partial charge in [-0.3, -0.25) is 8.51 Å². The van der Waals surface area contributed by atoms with Crippen molar-refractivity contribution >= 4 is 34.5 Å². The number of halogens is 1. The standard InChI is InChI=1S/C16H14ClNO4S/c17-13-5-1-11(2-6-13)12-3-7-14(8-4-12)18(23(21)22)16(9-10-16)15(19)20/h1-8H,9-10H2,(H,19,20)(H,21,22)/p-1. The van der Waals surface area contributed by atoms with Gasteiger partial charge in [-0.05, 0) is 48.2 Å². The first-order valence-corrected chi connectivity index (χ1v) is 8.34. The first-order chi connectivity index (χ1) is 10.9. The molecule has 0 saturated heterocycles. The predicted molar refractivity (Wildman–Crippen MR) is 87.9 cm³/mol. The van der Waals surface area contributed by atoms with Crippen LogP contribution in [0, 0.1) is 0 Å². The average molecular weight is 351 g/mol. The molecule has 120 valence electrons. The molecule has 5 nitrogen and oxygen atoms in total. The third kappa shape index (κ3) is 2.97. The summed E-state index contributed by atoms with van der Waals surface area (Å²) in [6, 6.07) is 14.0. The zero-order chi connectivity index (χ0) is 16.6. The molecular formula is C16H13ClNO4S-. The quantitative estimate of drug-likeness (QED) is 0.839. The van der Waals surface area contributed by atoms with Crippen molar-refractivity contribution in [1.29, 1.82) is 0 Å². The topological polar surface area (TPSA) is 80.7 Å². The lowest BCUT2D eigenvalue weighted by Gasteiger charge is -2.32. The van der Waals surface area contributed by atoms with E-state index in [1.165, 1.54) is 0 Å². The van der Waals surface area contributed by atoms with Crippen molar-refractivity contribution in [2.45, 2.75) is 18.4 Å². The maximum atomic E-state index is 11.5. The van der Waals surface area contributed by atoms with Gasteiger partial charge >= 0.3 is 5.97 Å². The zero-order valence-electron chi connectivity index (χ0n) is 11.9. The van der Waals surface area contributed by atoms with Crippen LogP contribution in [0.2, 0.25) is 5.02 Å². The third-order valence-electron chi connectivity index (χ3n) is 3.94. The van der Waals surface area contributed by atoms with Crippen LogP contribution < -0.4 is 4.31 Å². The first kappa shape index (κ1) is 16.0. The van der Waals surface area contributed by atoms with Crippen LogP contribution in [0.4, 0.5) is 5.69 Å². The minimum Gasteiger partial charge on any atom is -0.755 e. The van der Waals surface area contributed by atoms with E-state index in [0.717, 1.165) is 15.4 Å². The Balaban J connectivity index is 1.93. The van der Waals surface area contributed by atoms with E-state index in [9.17, 15) is 18.7 Å². The average Bonchev–Trinajstić information content (AvgIpc) is 3.30. The highest BCUT2D eigenvalue weighted by Gasteiger charge is 2.56. The molecule has 3 rings (SSSR count). The fraction of sp³-hybridized carbons (Fsp3) is 0.188. The molecule has 0 aliphatic heterocycles. The molecule has 1 saturated carbocycles. The Bertz CT molecular complexity index is 757. The number of aliphatic carboxylic acids is 1. The molecule has 1 atom stereocenters. The van der Waals surface area contributed by atoms with Crippen molar-refractivity contribution in [2.24, 2.45) is 0 Å². The highest BCUT2D eigenvalue weighted by molar-refractivity contribution is 7.80. The second kappa shape index (κ2) is 5.96. The van der Waals surface area contributed by atoms with Crippen LogP contribution in [-0.2, 0) is 16.1 Å². The summed E-state index contributed by atoms with van der Waals surface area (Å²) >= 11 is 3.21. The molecule has 0 bridgehead atoms. The lowest BCUT2D eigenvalue weighted by Crippen LogP contribution is -2.44. The molecule has 2 aromatic carbocycles. The predicted octanol–water partition coefficient (Wildman–Crippen LogP) is 3.22. The summed E-state index contributed by atoms with van der Waals surface area (Å²) < 4.78 is 24.0. The van der Waals surface area contributed by atoms with Gasteiger partial charge in [-0.1, -0.05) is 35.9 Å². The summed E-state index contributed by atoms with van der Waals surface area (Å²) in [5, 5.41) is 9.95. The Morgan fingerprint density at radius 2 is 1.57 bits per heavy atom. The van der Waals surface area contributed by atoms with Crippen molar-refractivity contribution < 1.29 is 18.7 Å². The first-order valence-electron chi connectivity index (χ1n) is 6.93. The number of benzene rings is 2. The molecule has 0 radical (unpaired) electrons. The summed E-state index contributed by atoms with van der Waals surface area (Å²) in [6.07, 6.45) is 0.629. The second-order valence-electron chi connectivity index (χ2n) is 5.40. The van der Waals surface area contributed by atoms with E-state index in [0.29, 0.717) is 23.6 Å². The summed E-state index contributed by atoms with van der Waals surface area (Å²) in [5.41, 5.74) is 0.835. The second-order valence-corrected chi connectivity index (χ2v) is 6.64. The molecule has 23 heavy (non-hydrogen) atoms. The summed E-state index contributed by atoms with van der Waals surface area (Å²) in [5.74, 6) is -1.12. The van der Waals surface area contributed by atoms with Crippen LogP contribution in [-0.4, -0.2) is 25.4 Å². The molecule has 1 unspecified atom stereocenters.